The number of fused-ring (bicyclic) bond motifs is 2. The normalized spacial score (nSPS) is 11.8. The number of phenolic OH excluding ortho intramolecular Hbond substituents is 2. The van der Waals surface area contributed by atoms with Gasteiger partial charge in [-0.25, -0.2) is 0 Å². The van der Waals surface area contributed by atoms with E-state index in [-0.39, 0.29) is 17.3 Å². The van der Waals surface area contributed by atoms with E-state index in [0.29, 0.717) is 28.4 Å². The third-order valence-electron chi connectivity index (χ3n) is 2.91. The van der Waals surface area contributed by atoms with Crippen molar-refractivity contribution >= 4 is 17.2 Å². The van der Waals surface area contributed by atoms with Crippen LogP contribution in [0.4, 0.5) is 11.4 Å². The molecule has 0 saturated carbocycles. The minimum atomic E-state index is -0.175. The van der Waals surface area contributed by atoms with E-state index in [0.717, 1.165) is 0 Å². The van der Waals surface area contributed by atoms with Crippen molar-refractivity contribution in [3.63, 3.8) is 0 Å². The van der Waals surface area contributed by atoms with Crippen molar-refractivity contribution in [1.82, 2.24) is 0 Å². The van der Waals surface area contributed by atoms with Gasteiger partial charge in [0, 0.05) is 17.7 Å². The highest BCUT2D eigenvalue weighted by atomic mass is 16.5. The van der Waals surface area contributed by atoms with Crippen LogP contribution in [0.5, 0.6) is 23.0 Å². The Labute approximate surface area is 109 Å². The summed E-state index contributed by atoms with van der Waals surface area (Å²) in [4.78, 5) is 11.6. The van der Waals surface area contributed by atoms with Crippen molar-refractivity contribution in [2.24, 2.45) is 0 Å². The smallest absolute Gasteiger partial charge is 0.162 e. The zero-order valence-corrected chi connectivity index (χ0v) is 10.1. The fourth-order valence-corrected chi connectivity index (χ4v) is 2.04. The number of Topliss-reactive ketones (excluding diaryl/α,β-unsaturated/α-hetero) is 1. The Hall–Kier alpha value is -2.69. The van der Waals surface area contributed by atoms with Gasteiger partial charge in [0.25, 0.3) is 0 Å². The molecule has 0 aliphatic carbocycles. The second-order valence-electron chi connectivity index (χ2n) is 4.33. The Balaban J connectivity index is 2.16. The molecule has 96 valence electrons. The van der Waals surface area contributed by atoms with Gasteiger partial charge in [-0.3, -0.25) is 4.79 Å². The fraction of sp³-hybridized carbons (Fsp3) is 0.0714. The van der Waals surface area contributed by atoms with Gasteiger partial charge in [0.05, 0.1) is 11.4 Å². The Morgan fingerprint density at radius 2 is 1.84 bits per heavy atom. The monoisotopic (exact) mass is 257 g/mol. The molecule has 0 radical (unpaired) electrons. The number of carbonyl (C=O) groups is 1. The van der Waals surface area contributed by atoms with Gasteiger partial charge >= 0.3 is 0 Å². The topological polar surface area (TPSA) is 78.8 Å². The van der Waals surface area contributed by atoms with Crippen LogP contribution in [0.25, 0.3) is 0 Å². The zero-order valence-electron chi connectivity index (χ0n) is 10.1. The first-order valence-corrected chi connectivity index (χ1v) is 5.70. The first kappa shape index (κ1) is 11.4. The van der Waals surface area contributed by atoms with Gasteiger partial charge in [-0.2, -0.15) is 0 Å². The van der Waals surface area contributed by atoms with Crippen molar-refractivity contribution in [3.8, 4) is 23.0 Å². The molecule has 2 aromatic rings. The lowest BCUT2D eigenvalue weighted by Crippen LogP contribution is -2.07. The van der Waals surface area contributed by atoms with Gasteiger partial charge in [0.1, 0.15) is 11.5 Å². The molecular formula is C14H11NO4. The molecule has 0 spiro atoms. The lowest BCUT2D eigenvalue weighted by atomic mass is 10.1. The number of hydrogen-bond acceptors (Lipinski definition) is 5. The molecule has 3 N–H and O–H groups in total. The number of anilines is 2. The summed E-state index contributed by atoms with van der Waals surface area (Å²) in [6.07, 6.45) is 0. The average Bonchev–Trinajstić information content (AvgIpc) is 2.35. The molecular weight excluding hydrogens is 246 g/mol. The summed E-state index contributed by atoms with van der Waals surface area (Å²) >= 11 is 0. The van der Waals surface area contributed by atoms with Gasteiger partial charge in [0.15, 0.2) is 17.3 Å². The van der Waals surface area contributed by atoms with E-state index in [1.54, 1.807) is 6.07 Å². The first-order valence-electron chi connectivity index (χ1n) is 5.70. The van der Waals surface area contributed by atoms with Crippen LogP contribution < -0.4 is 10.1 Å². The van der Waals surface area contributed by atoms with Crippen LogP contribution >= 0.6 is 0 Å². The van der Waals surface area contributed by atoms with Crippen LogP contribution in [0.2, 0.25) is 0 Å². The second-order valence-corrected chi connectivity index (χ2v) is 4.33. The summed E-state index contributed by atoms with van der Waals surface area (Å²) in [7, 11) is 0. The summed E-state index contributed by atoms with van der Waals surface area (Å²) in [6, 6.07) is 7.45. The van der Waals surface area contributed by atoms with Crippen LogP contribution in [-0.4, -0.2) is 16.0 Å². The maximum absolute atomic E-state index is 11.6. The van der Waals surface area contributed by atoms with E-state index >= 15 is 0 Å². The molecule has 0 saturated heterocycles. The van der Waals surface area contributed by atoms with Crippen LogP contribution in [0.15, 0.2) is 30.3 Å². The number of aromatic hydroxyl groups is 2. The van der Waals surface area contributed by atoms with Gasteiger partial charge in [-0.15, -0.1) is 0 Å². The van der Waals surface area contributed by atoms with E-state index in [9.17, 15) is 15.0 Å². The molecule has 0 amide bonds. The fourth-order valence-electron chi connectivity index (χ4n) is 2.04. The third kappa shape index (κ3) is 1.85. The standard InChI is InChI=1S/C14H11NO4/c1-7(16)10-4-9(18)6-13-14(10)15-11-3-2-8(17)5-12(11)19-13/h2-6,15,17-18H,1H3. The van der Waals surface area contributed by atoms with Gasteiger partial charge in [-0.1, -0.05) is 0 Å². The van der Waals surface area contributed by atoms with Crippen LogP contribution in [0.1, 0.15) is 17.3 Å². The highest BCUT2D eigenvalue weighted by molar-refractivity contribution is 6.03. The molecule has 5 heteroatoms. The van der Waals surface area contributed by atoms with E-state index in [4.69, 9.17) is 4.74 Å². The average molecular weight is 257 g/mol. The lowest BCUT2D eigenvalue weighted by molar-refractivity contribution is 0.101. The maximum atomic E-state index is 11.6. The molecule has 1 heterocycles. The van der Waals surface area contributed by atoms with Gasteiger partial charge in [-0.05, 0) is 25.1 Å². The van der Waals surface area contributed by atoms with E-state index in [2.05, 4.69) is 5.32 Å². The predicted octanol–water partition coefficient (Wildman–Crippen LogP) is 3.15. The van der Waals surface area contributed by atoms with Crippen LogP contribution in [0, 0.1) is 0 Å². The second kappa shape index (κ2) is 3.91. The quantitative estimate of drug-likeness (QED) is 0.461. The first-order chi connectivity index (χ1) is 9.04. The summed E-state index contributed by atoms with van der Waals surface area (Å²) < 4.78 is 5.60. The minimum Gasteiger partial charge on any atom is -0.508 e. The SMILES string of the molecule is CC(=O)c1cc(O)cc2c1Nc1ccc(O)cc1O2. The lowest BCUT2D eigenvalue weighted by Gasteiger charge is -2.23. The predicted molar refractivity (Wildman–Crippen MR) is 69.6 cm³/mol. The number of nitrogens with one attached hydrogen (secondary N) is 1. The highest BCUT2D eigenvalue weighted by Crippen LogP contribution is 2.46. The summed E-state index contributed by atoms with van der Waals surface area (Å²) in [5.74, 6) is 0.645. The van der Waals surface area contributed by atoms with Crippen molar-refractivity contribution in [2.75, 3.05) is 5.32 Å². The van der Waals surface area contributed by atoms with E-state index in [1.807, 2.05) is 0 Å². The molecule has 3 rings (SSSR count). The maximum Gasteiger partial charge on any atom is 0.162 e. The van der Waals surface area contributed by atoms with Gasteiger partial charge < -0.3 is 20.3 Å². The van der Waals surface area contributed by atoms with Gasteiger partial charge in [0.2, 0.25) is 0 Å². The van der Waals surface area contributed by atoms with Crippen molar-refractivity contribution in [1.29, 1.82) is 0 Å². The van der Waals surface area contributed by atoms with E-state index in [1.165, 1.54) is 31.2 Å². The summed E-state index contributed by atoms with van der Waals surface area (Å²) in [5, 5.41) is 22.1. The van der Waals surface area contributed by atoms with Crippen LogP contribution in [-0.2, 0) is 0 Å². The summed E-state index contributed by atoms with van der Waals surface area (Å²) in [6.45, 7) is 1.42. The molecule has 0 atom stereocenters. The molecule has 0 aromatic heterocycles. The largest absolute Gasteiger partial charge is 0.508 e. The van der Waals surface area contributed by atoms with Crippen molar-refractivity contribution in [2.45, 2.75) is 6.92 Å². The van der Waals surface area contributed by atoms with Crippen molar-refractivity contribution in [3.05, 3.63) is 35.9 Å². The highest BCUT2D eigenvalue weighted by Gasteiger charge is 2.22. The minimum absolute atomic E-state index is 0.0469. The number of rotatable bonds is 1. The van der Waals surface area contributed by atoms with Crippen molar-refractivity contribution < 1.29 is 19.7 Å². The third-order valence-corrected chi connectivity index (χ3v) is 2.91. The Kier molecular flexibility index (Phi) is 2.35. The number of phenols is 2. The molecule has 0 unspecified atom stereocenters. The molecule has 2 aromatic carbocycles. The zero-order chi connectivity index (χ0) is 13.6. The number of ether oxygens (including phenoxy) is 1. The Bertz CT molecular complexity index is 694. The molecule has 0 bridgehead atoms. The summed E-state index contributed by atoms with van der Waals surface area (Å²) in [5.41, 5.74) is 1.52. The molecule has 1 aliphatic heterocycles. The van der Waals surface area contributed by atoms with E-state index < -0.39 is 0 Å². The molecule has 0 fully saturated rings. The molecule has 19 heavy (non-hydrogen) atoms. The number of benzene rings is 2. The number of hydrogen-bond donors (Lipinski definition) is 3. The molecule has 5 nitrogen and oxygen atoms in total. The number of carbonyl (C=O) groups excluding carboxylic acids is 1. The Morgan fingerprint density at radius 3 is 2.58 bits per heavy atom. The van der Waals surface area contributed by atoms with Crippen LogP contribution in [0.3, 0.4) is 0 Å². The number of ketones is 1. The Morgan fingerprint density at radius 1 is 1.11 bits per heavy atom. The molecule has 1 aliphatic rings.